The van der Waals surface area contributed by atoms with Crippen LogP contribution < -0.4 is 10.6 Å². The van der Waals surface area contributed by atoms with E-state index in [4.69, 9.17) is 4.74 Å². The molecule has 5 nitrogen and oxygen atoms in total. The summed E-state index contributed by atoms with van der Waals surface area (Å²) < 4.78 is 5.88. The molecule has 1 saturated heterocycles. The number of benzene rings is 1. The monoisotopic (exact) mass is 331 g/mol. The fraction of sp³-hybridized carbons (Fsp3) is 0.412. The molecule has 0 bridgehead atoms. The largest absolute Gasteiger partial charge is 0.373 e. The molecule has 2 heterocycles. The summed E-state index contributed by atoms with van der Waals surface area (Å²) in [5.74, 6) is -0.137. The fourth-order valence-corrected chi connectivity index (χ4v) is 3.33. The average molecular weight is 331 g/mol. The van der Waals surface area contributed by atoms with Crippen molar-refractivity contribution in [2.75, 3.05) is 18.5 Å². The van der Waals surface area contributed by atoms with Crippen molar-refractivity contribution < 1.29 is 9.53 Å². The topological polar surface area (TPSA) is 63.2 Å². The van der Waals surface area contributed by atoms with Gasteiger partial charge in [0, 0.05) is 29.8 Å². The number of nitrogens with zero attached hydrogens (tertiary/aromatic N) is 1. The summed E-state index contributed by atoms with van der Waals surface area (Å²) in [5, 5.41) is 8.72. The third kappa shape index (κ3) is 4.16. The van der Waals surface area contributed by atoms with Crippen molar-refractivity contribution in [3.63, 3.8) is 0 Å². The second-order valence-electron chi connectivity index (χ2n) is 5.55. The van der Waals surface area contributed by atoms with Crippen LogP contribution in [0.4, 0.5) is 5.13 Å². The maximum atomic E-state index is 12.2. The van der Waals surface area contributed by atoms with Gasteiger partial charge in [0.25, 0.3) is 5.91 Å². The second kappa shape index (κ2) is 7.68. The molecule has 1 aliphatic heterocycles. The Balaban J connectivity index is 1.63. The minimum absolute atomic E-state index is 0.101. The number of carbonyl (C=O) groups excluding carboxylic acids is 1. The second-order valence-corrected chi connectivity index (χ2v) is 6.45. The van der Waals surface area contributed by atoms with Crippen molar-refractivity contribution >= 4 is 22.4 Å². The Morgan fingerprint density at radius 3 is 2.91 bits per heavy atom. The van der Waals surface area contributed by atoms with Crippen LogP contribution in [0.3, 0.4) is 0 Å². The standard InChI is InChI=1S/C17H21N3O2S/c1-2-18-14-7-9-22-15(11-14)12-3-5-13(6-4-12)16(21)20-17-19-8-10-23-17/h3-6,8,10,14-15,18H,2,7,9,11H2,1H3,(H,19,20,21)/t14-,15+/m1/s1. The summed E-state index contributed by atoms with van der Waals surface area (Å²) >= 11 is 1.41. The van der Waals surface area contributed by atoms with Crippen LogP contribution in [0.25, 0.3) is 0 Å². The van der Waals surface area contributed by atoms with Crippen molar-refractivity contribution in [1.82, 2.24) is 10.3 Å². The molecule has 0 unspecified atom stereocenters. The molecular weight excluding hydrogens is 310 g/mol. The molecular formula is C17H21N3O2S. The Kier molecular flexibility index (Phi) is 5.38. The van der Waals surface area contributed by atoms with E-state index >= 15 is 0 Å². The molecule has 1 aromatic heterocycles. The van der Waals surface area contributed by atoms with Crippen LogP contribution in [0.15, 0.2) is 35.8 Å². The van der Waals surface area contributed by atoms with Crippen LogP contribution in [-0.2, 0) is 4.74 Å². The van der Waals surface area contributed by atoms with Gasteiger partial charge in [-0.3, -0.25) is 10.1 Å². The first kappa shape index (κ1) is 16.1. The normalized spacial score (nSPS) is 21.1. The molecule has 1 fully saturated rings. The molecule has 3 rings (SSSR count). The number of nitrogens with one attached hydrogen (secondary N) is 2. The molecule has 23 heavy (non-hydrogen) atoms. The quantitative estimate of drug-likeness (QED) is 0.883. The van der Waals surface area contributed by atoms with E-state index in [0.717, 1.165) is 31.6 Å². The molecule has 2 N–H and O–H groups in total. The molecule has 1 amide bonds. The Bertz CT molecular complexity index is 626. The highest BCUT2D eigenvalue weighted by Crippen LogP contribution is 2.28. The van der Waals surface area contributed by atoms with E-state index in [9.17, 15) is 4.79 Å². The summed E-state index contributed by atoms with van der Waals surface area (Å²) in [6.45, 7) is 3.88. The van der Waals surface area contributed by atoms with Crippen LogP contribution in [-0.4, -0.2) is 30.1 Å². The van der Waals surface area contributed by atoms with Crippen LogP contribution >= 0.6 is 11.3 Å². The Morgan fingerprint density at radius 1 is 1.39 bits per heavy atom. The fourth-order valence-electron chi connectivity index (χ4n) is 2.81. The lowest BCUT2D eigenvalue weighted by Gasteiger charge is -2.30. The molecule has 2 atom stereocenters. The van der Waals surface area contributed by atoms with E-state index in [1.165, 1.54) is 11.3 Å². The van der Waals surface area contributed by atoms with Crippen molar-refractivity contribution in [3.05, 3.63) is 47.0 Å². The van der Waals surface area contributed by atoms with Gasteiger partial charge in [0.05, 0.1) is 6.10 Å². The Hall–Kier alpha value is -1.76. The van der Waals surface area contributed by atoms with Crippen molar-refractivity contribution in [2.24, 2.45) is 0 Å². The number of amides is 1. The molecule has 6 heteroatoms. The van der Waals surface area contributed by atoms with Gasteiger partial charge < -0.3 is 10.1 Å². The van der Waals surface area contributed by atoms with Gasteiger partial charge in [-0.15, -0.1) is 11.3 Å². The lowest BCUT2D eigenvalue weighted by Crippen LogP contribution is -2.35. The number of thiazole rings is 1. The van der Waals surface area contributed by atoms with E-state index in [-0.39, 0.29) is 12.0 Å². The minimum atomic E-state index is -0.137. The summed E-state index contributed by atoms with van der Waals surface area (Å²) in [6.07, 6.45) is 3.80. The van der Waals surface area contributed by atoms with E-state index in [2.05, 4.69) is 22.5 Å². The van der Waals surface area contributed by atoms with Crippen molar-refractivity contribution in [2.45, 2.75) is 31.9 Å². The van der Waals surface area contributed by atoms with Crippen LogP contribution in [0.1, 0.15) is 41.8 Å². The zero-order chi connectivity index (χ0) is 16.1. The van der Waals surface area contributed by atoms with Gasteiger partial charge >= 0.3 is 0 Å². The van der Waals surface area contributed by atoms with Gasteiger partial charge in [0.15, 0.2) is 5.13 Å². The SMILES string of the molecule is CCN[C@@H]1CCO[C@H](c2ccc(C(=O)Nc3nccs3)cc2)C1. The number of aromatic nitrogens is 1. The maximum absolute atomic E-state index is 12.2. The number of carbonyl (C=O) groups is 1. The lowest BCUT2D eigenvalue weighted by molar-refractivity contribution is 0.000584. The number of rotatable bonds is 5. The third-order valence-corrected chi connectivity index (χ3v) is 4.66. The van der Waals surface area contributed by atoms with Crippen LogP contribution in [0.5, 0.6) is 0 Å². The number of hydrogen-bond donors (Lipinski definition) is 2. The van der Waals surface area contributed by atoms with Crippen LogP contribution in [0.2, 0.25) is 0 Å². The first-order valence-electron chi connectivity index (χ1n) is 7.92. The highest BCUT2D eigenvalue weighted by molar-refractivity contribution is 7.13. The molecule has 1 aromatic carbocycles. The molecule has 0 radical (unpaired) electrons. The van der Waals surface area contributed by atoms with Gasteiger partial charge in [-0.25, -0.2) is 4.98 Å². The predicted molar refractivity (Wildman–Crippen MR) is 91.9 cm³/mol. The van der Waals surface area contributed by atoms with E-state index in [1.807, 2.05) is 29.6 Å². The van der Waals surface area contributed by atoms with E-state index < -0.39 is 0 Å². The maximum Gasteiger partial charge on any atom is 0.257 e. The molecule has 122 valence electrons. The smallest absolute Gasteiger partial charge is 0.257 e. The highest BCUT2D eigenvalue weighted by Gasteiger charge is 2.23. The summed E-state index contributed by atoms with van der Waals surface area (Å²) in [6, 6.07) is 8.16. The number of anilines is 1. The molecule has 0 aliphatic carbocycles. The Morgan fingerprint density at radius 2 is 2.22 bits per heavy atom. The first-order chi connectivity index (χ1) is 11.3. The van der Waals surface area contributed by atoms with Gasteiger partial charge in [-0.1, -0.05) is 19.1 Å². The summed E-state index contributed by atoms with van der Waals surface area (Å²) in [5.41, 5.74) is 1.75. The van der Waals surface area contributed by atoms with Gasteiger partial charge in [-0.05, 0) is 37.1 Å². The minimum Gasteiger partial charge on any atom is -0.373 e. The zero-order valence-electron chi connectivity index (χ0n) is 13.1. The predicted octanol–water partition coefficient (Wildman–Crippen LogP) is 3.23. The Labute approximate surface area is 140 Å². The molecule has 1 aliphatic rings. The van der Waals surface area contributed by atoms with Gasteiger partial charge in [0.2, 0.25) is 0 Å². The number of ether oxygens (including phenoxy) is 1. The van der Waals surface area contributed by atoms with E-state index in [1.54, 1.807) is 6.20 Å². The number of hydrogen-bond acceptors (Lipinski definition) is 5. The van der Waals surface area contributed by atoms with Crippen molar-refractivity contribution in [1.29, 1.82) is 0 Å². The summed E-state index contributed by atoms with van der Waals surface area (Å²) in [4.78, 5) is 16.2. The molecule has 0 saturated carbocycles. The van der Waals surface area contributed by atoms with Crippen molar-refractivity contribution in [3.8, 4) is 0 Å². The first-order valence-corrected chi connectivity index (χ1v) is 8.80. The van der Waals surface area contributed by atoms with Crippen LogP contribution in [0, 0.1) is 0 Å². The summed E-state index contributed by atoms with van der Waals surface area (Å²) in [7, 11) is 0. The van der Waals surface area contributed by atoms with E-state index in [0.29, 0.717) is 16.7 Å². The molecule has 0 spiro atoms. The highest BCUT2D eigenvalue weighted by atomic mass is 32.1. The average Bonchev–Trinajstić information content (AvgIpc) is 3.08. The lowest BCUT2D eigenvalue weighted by atomic mass is 9.96. The van der Waals surface area contributed by atoms with Gasteiger partial charge in [0.1, 0.15) is 0 Å². The van der Waals surface area contributed by atoms with Gasteiger partial charge in [-0.2, -0.15) is 0 Å². The zero-order valence-corrected chi connectivity index (χ0v) is 13.9. The third-order valence-electron chi connectivity index (χ3n) is 3.97. The molecule has 2 aromatic rings.